The molecule has 9 heteroatoms. The van der Waals surface area contributed by atoms with Gasteiger partial charge in [0.1, 0.15) is 11.5 Å². The molecule has 0 amide bonds. The third-order valence-corrected chi connectivity index (χ3v) is 6.79. The molecule has 1 saturated heterocycles. The van der Waals surface area contributed by atoms with Gasteiger partial charge in [0.2, 0.25) is 0 Å². The number of likely N-dealkylation sites (tertiary alicyclic amines) is 1. The highest BCUT2D eigenvalue weighted by atomic mass is 19.4. The van der Waals surface area contributed by atoms with Crippen molar-refractivity contribution >= 4 is 12.7 Å². The van der Waals surface area contributed by atoms with Gasteiger partial charge in [0.05, 0.1) is 18.2 Å². The molecule has 0 aromatic heterocycles. The molecule has 1 unspecified atom stereocenters. The summed E-state index contributed by atoms with van der Waals surface area (Å²) in [6, 6.07) is 13.2. The van der Waals surface area contributed by atoms with Crippen LogP contribution in [0.3, 0.4) is 0 Å². The van der Waals surface area contributed by atoms with E-state index in [-0.39, 0.29) is 11.6 Å². The fraction of sp³-hybridized carbons (Fsp3) is 0.333. The molecule has 3 aliphatic heterocycles. The van der Waals surface area contributed by atoms with Gasteiger partial charge in [0, 0.05) is 25.0 Å². The molecule has 33 heavy (non-hydrogen) atoms. The van der Waals surface area contributed by atoms with E-state index >= 15 is 0 Å². The van der Waals surface area contributed by atoms with Gasteiger partial charge in [-0.05, 0) is 41.7 Å². The number of nitrogens with two attached hydrogens (primary N) is 1. The summed E-state index contributed by atoms with van der Waals surface area (Å²) in [5.74, 6) is 0.982. The summed E-state index contributed by atoms with van der Waals surface area (Å²) in [4.78, 5) is 10.9. The number of nitrogens with one attached hydrogen (secondary N) is 2. The molecule has 0 saturated carbocycles. The van der Waals surface area contributed by atoms with Crippen LogP contribution in [0.1, 0.15) is 24.0 Å². The molecule has 172 valence electrons. The Balaban J connectivity index is 1.38. The Kier molecular flexibility index (Phi) is 5.36. The largest absolute Gasteiger partial charge is 0.416 e. The Hall–Kier alpha value is -3.33. The van der Waals surface area contributed by atoms with Crippen LogP contribution in [0.25, 0.3) is 11.1 Å². The van der Waals surface area contributed by atoms with Gasteiger partial charge in [0.15, 0.2) is 6.17 Å². The Bertz CT molecular complexity index is 1130. The normalized spacial score (nSPS) is 21.6. The standard InChI is InChI=1S/C24H25F3N6/c25-24(26,27)19-6-2-4-17(12-19)16-3-1-5-18(11-16)23(13-28)7-9-33(10-8-23)22-20-21(30-14-29-20)31-15-32-22/h1-6,11-12,14-15,21H,7-10,13,28H2,(H,29,30)(H,31,32). The number of fused-ring (bicyclic) bond motifs is 1. The van der Waals surface area contributed by atoms with Gasteiger partial charge >= 0.3 is 6.18 Å². The van der Waals surface area contributed by atoms with Crippen LogP contribution in [0.5, 0.6) is 0 Å². The smallest absolute Gasteiger partial charge is 0.357 e. The van der Waals surface area contributed by atoms with E-state index in [0.717, 1.165) is 54.6 Å². The number of alkyl halides is 3. The number of rotatable bonds is 4. The monoisotopic (exact) mass is 454 g/mol. The van der Waals surface area contributed by atoms with Crippen molar-refractivity contribution < 1.29 is 13.2 Å². The molecular formula is C24H25F3N6. The lowest BCUT2D eigenvalue weighted by atomic mass is 9.72. The lowest BCUT2D eigenvalue weighted by molar-refractivity contribution is -0.137. The van der Waals surface area contributed by atoms with Crippen molar-refractivity contribution in [2.75, 3.05) is 19.6 Å². The molecule has 3 aliphatic rings. The summed E-state index contributed by atoms with van der Waals surface area (Å²) in [5, 5.41) is 6.42. The minimum atomic E-state index is -4.37. The summed E-state index contributed by atoms with van der Waals surface area (Å²) >= 11 is 0. The van der Waals surface area contributed by atoms with Gasteiger partial charge < -0.3 is 21.3 Å². The topological polar surface area (TPSA) is 78.0 Å². The number of aliphatic imine (C=N–C) groups is 2. The fourth-order valence-corrected chi connectivity index (χ4v) is 4.81. The highest BCUT2D eigenvalue weighted by Gasteiger charge is 2.37. The molecule has 0 spiro atoms. The molecule has 5 rings (SSSR count). The van der Waals surface area contributed by atoms with E-state index in [4.69, 9.17) is 5.73 Å². The Morgan fingerprint density at radius 1 is 0.970 bits per heavy atom. The SMILES string of the molecule is NCC1(c2cccc(-c3cccc(C(F)(F)F)c3)c2)CCN(C2=C3NC=NC3N=CN2)CC1. The summed E-state index contributed by atoms with van der Waals surface area (Å²) in [6.07, 6.45) is 0.416. The highest BCUT2D eigenvalue weighted by molar-refractivity contribution is 5.69. The van der Waals surface area contributed by atoms with Crippen LogP contribution in [-0.4, -0.2) is 43.4 Å². The summed E-state index contributed by atoms with van der Waals surface area (Å²) < 4.78 is 39.6. The highest BCUT2D eigenvalue weighted by Crippen LogP contribution is 2.38. The van der Waals surface area contributed by atoms with E-state index in [9.17, 15) is 13.2 Å². The van der Waals surface area contributed by atoms with Crippen LogP contribution < -0.4 is 16.4 Å². The maximum absolute atomic E-state index is 13.2. The first-order valence-electron chi connectivity index (χ1n) is 10.9. The van der Waals surface area contributed by atoms with Crippen LogP contribution in [0.4, 0.5) is 13.2 Å². The molecule has 2 aromatic carbocycles. The summed E-state index contributed by atoms with van der Waals surface area (Å²) in [7, 11) is 0. The molecule has 3 heterocycles. The molecule has 0 bridgehead atoms. The Morgan fingerprint density at radius 2 is 1.64 bits per heavy atom. The quantitative estimate of drug-likeness (QED) is 0.662. The molecule has 4 N–H and O–H groups in total. The van der Waals surface area contributed by atoms with E-state index in [0.29, 0.717) is 12.1 Å². The molecule has 1 atom stereocenters. The second kappa shape index (κ2) is 8.22. The fourth-order valence-electron chi connectivity index (χ4n) is 4.81. The first-order valence-corrected chi connectivity index (χ1v) is 10.9. The zero-order chi connectivity index (χ0) is 23.1. The van der Waals surface area contributed by atoms with Crippen LogP contribution in [-0.2, 0) is 11.6 Å². The van der Waals surface area contributed by atoms with Crippen molar-refractivity contribution in [3.05, 3.63) is 71.2 Å². The number of nitrogens with zero attached hydrogens (tertiary/aromatic N) is 3. The third-order valence-electron chi connectivity index (χ3n) is 6.79. The second-order valence-corrected chi connectivity index (χ2v) is 8.61. The van der Waals surface area contributed by atoms with Crippen LogP contribution in [0, 0.1) is 0 Å². The Labute approximate surface area is 190 Å². The first-order chi connectivity index (χ1) is 15.9. The predicted octanol–water partition coefficient (Wildman–Crippen LogP) is 3.42. The minimum absolute atomic E-state index is 0.216. The molecular weight excluding hydrogens is 429 g/mol. The van der Waals surface area contributed by atoms with Crippen molar-refractivity contribution in [1.82, 2.24) is 15.5 Å². The van der Waals surface area contributed by atoms with E-state index in [2.05, 4.69) is 25.5 Å². The minimum Gasteiger partial charge on any atom is -0.357 e. The number of piperidine rings is 1. The van der Waals surface area contributed by atoms with Crippen LogP contribution >= 0.6 is 0 Å². The van der Waals surface area contributed by atoms with Gasteiger partial charge in [-0.2, -0.15) is 13.2 Å². The third kappa shape index (κ3) is 3.97. The zero-order valence-electron chi connectivity index (χ0n) is 17.9. The molecule has 2 aromatic rings. The van der Waals surface area contributed by atoms with Crippen molar-refractivity contribution in [3.8, 4) is 11.1 Å². The number of hydrogen-bond donors (Lipinski definition) is 3. The average molecular weight is 455 g/mol. The summed E-state index contributed by atoms with van der Waals surface area (Å²) in [6.45, 7) is 2.05. The lowest BCUT2D eigenvalue weighted by Crippen LogP contribution is -2.49. The van der Waals surface area contributed by atoms with Crippen LogP contribution in [0.2, 0.25) is 0 Å². The number of halogens is 3. The number of benzene rings is 2. The van der Waals surface area contributed by atoms with Gasteiger partial charge in [-0.15, -0.1) is 0 Å². The maximum atomic E-state index is 13.2. The Morgan fingerprint density at radius 3 is 2.33 bits per heavy atom. The molecule has 1 fully saturated rings. The van der Waals surface area contributed by atoms with E-state index in [1.165, 1.54) is 12.1 Å². The predicted molar refractivity (Wildman–Crippen MR) is 122 cm³/mol. The zero-order valence-corrected chi connectivity index (χ0v) is 17.9. The first kappa shape index (κ1) is 21.5. The maximum Gasteiger partial charge on any atom is 0.416 e. The van der Waals surface area contributed by atoms with Crippen molar-refractivity contribution in [3.63, 3.8) is 0 Å². The second-order valence-electron chi connectivity index (χ2n) is 8.61. The average Bonchev–Trinajstić information content (AvgIpc) is 3.33. The molecule has 0 radical (unpaired) electrons. The van der Waals surface area contributed by atoms with Crippen molar-refractivity contribution in [2.45, 2.75) is 30.6 Å². The number of hydrogen-bond acceptors (Lipinski definition) is 6. The van der Waals surface area contributed by atoms with Gasteiger partial charge in [-0.1, -0.05) is 36.4 Å². The van der Waals surface area contributed by atoms with Crippen molar-refractivity contribution in [2.24, 2.45) is 15.7 Å². The van der Waals surface area contributed by atoms with Gasteiger partial charge in [0.25, 0.3) is 0 Å². The summed E-state index contributed by atoms with van der Waals surface area (Å²) in [5.41, 5.74) is 8.75. The van der Waals surface area contributed by atoms with Crippen molar-refractivity contribution in [1.29, 1.82) is 0 Å². The van der Waals surface area contributed by atoms with Crippen LogP contribution in [0.15, 0.2) is 70.0 Å². The van der Waals surface area contributed by atoms with Gasteiger partial charge in [-0.25, -0.2) is 9.98 Å². The van der Waals surface area contributed by atoms with E-state index in [1.54, 1.807) is 18.7 Å². The van der Waals surface area contributed by atoms with E-state index < -0.39 is 11.7 Å². The molecule has 6 nitrogen and oxygen atoms in total. The van der Waals surface area contributed by atoms with E-state index in [1.807, 2.05) is 24.3 Å². The van der Waals surface area contributed by atoms with Gasteiger partial charge in [-0.3, -0.25) is 0 Å². The lowest BCUT2D eigenvalue weighted by Gasteiger charge is -2.44. The molecule has 0 aliphatic carbocycles.